The Bertz CT molecular complexity index is 741. The Hall–Kier alpha value is -2.90. The van der Waals surface area contributed by atoms with Gasteiger partial charge in [0, 0.05) is 18.8 Å². The Labute approximate surface area is 145 Å². The van der Waals surface area contributed by atoms with E-state index in [9.17, 15) is 19.2 Å². The van der Waals surface area contributed by atoms with Crippen LogP contribution in [0.1, 0.15) is 17.5 Å². The molecule has 0 aliphatic carbocycles. The van der Waals surface area contributed by atoms with Crippen molar-refractivity contribution in [2.24, 2.45) is 0 Å². The van der Waals surface area contributed by atoms with Gasteiger partial charge in [-0.1, -0.05) is 6.07 Å². The molecule has 0 radical (unpaired) electrons. The van der Waals surface area contributed by atoms with Crippen molar-refractivity contribution in [3.63, 3.8) is 0 Å². The minimum absolute atomic E-state index is 0.0336. The molecule has 2 fully saturated rings. The van der Waals surface area contributed by atoms with Gasteiger partial charge in [-0.25, -0.2) is 4.79 Å². The monoisotopic (exact) mass is 344 g/mol. The summed E-state index contributed by atoms with van der Waals surface area (Å²) in [6, 6.07) is 4.46. The van der Waals surface area contributed by atoms with E-state index in [1.54, 1.807) is 4.90 Å². The maximum Gasteiger partial charge on any atom is 0.322 e. The number of benzene rings is 1. The van der Waals surface area contributed by atoms with Gasteiger partial charge in [0.05, 0.1) is 6.42 Å². The molecule has 5 amide bonds. The highest BCUT2D eigenvalue weighted by molar-refractivity contribution is 6.06. The van der Waals surface area contributed by atoms with Crippen LogP contribution in [0.4, 0.5) is 10.5 Å². The third kappa shape index (κ3) is 3.62. The topological polar surface area (TPSA) is 98.8 Å². The second-order valence-electron chi connectivity index (χ2n) is 6.43. The van der Waals surface area contributed by atoms with E-state index in [-0.39, 0.29) is 24.8 Å². The fourth-order valence-corrected chi connectivity index (χ4v) is 3.17. The van der Waals surface area contributed by atoms with Crippen molar-refractivity contribution >= 4 is 29.4 Å². The van der Waals surface area contributed by atoms with Crippen LogP contribution >= 0.6 is 0 Å². The second kappa shape index (κ2) is 6.54. The molecular formula is C17H20N4O4. The zero-order valence-electron chi connectivity index (χ0n) is 14.2. The molecule has 25 heavy (non-hydrogen) atoms. The van der Waals surface area contributed by atoms with Gasteiger partial charge in [0.25, 0.3) is 5.91 Å². The predicted molar refractivity (Wildman–Crippen MR) is 89.9 cm³/mol. The molecule has 132 valence electrons. The molecule has 3 rings (SSSR count). The number of nitrogens with zero attached hydrogens (tertiary/aromatic N) is 2. The summed E-state index contributed by atoms with van der Waals surface area (Å²) in [4.78, 5) is 50.5. The molecular weight excluding hydrogens is 324 g/mol. The molecule has 1 aromatic carbocycles. The number of amides is 5. The fourth-order valence-electron chi connectivity index (χ4n) is 3.17. The lowest BCUT2D eigenvalue weighted by atomic mass is 10.1. The number of carbonyl (C=O) groups excluding carboxylic acids is 4. The first kappa shape index (κ1) is 16.9. The molecule has 2 heterocycles. The molecule has 1 unspecified atom stereocenters. The second-order valence-corrected chi connectivity index (χ2v) is 6.43. The summed E-state index contributed by atoms with van der Waals surface area (Å²) in [5.74, 6) is -1.00. The van der Waals surface area contributed by atoms with E-state index in [2.05, 4.69) is 10.6 Å². The minimum Gasteiger partial charge on any atom is -0.331 e. The van der Waals surface area contributed by atoms with Crippen LogP contribution < -0.4 is 15.5 Å². The lowest BCUT2D eigenvalue weighted by Crippen LogP contribution is -2.53. The van der Waals surface area contributed by atoms with Gasteiger partial charge in [0.1, 0.15) is 12.6 Å². The number of rotatable bonds is 3. The van der Waals surface area contributed by atoms with Crippen LogP contribution in [0.25, 0.3) is 0 Å². The first-order chi connectivity index (χ1) is 11.8. The van der Waals surface area contributed by atoms with Gasteiger partial charge in [-0.3, -0.25) is 19.7 Å². The van der Waals surface area contributed by atoms with Crippen molar-refractivity contribution < 1.29 is 19.2 Å². The van der Waals surface area contributed by atoms with Crippen molar-refractivity contribution in [2.45, 2.75) is 26.3 Å². The Balaban J connectivity index is 1.63. The van der Waals surface area contributed by atoms with Gasteiger partial charge < -0.3 is 15.1 Å². The zero-order valence-corrected chi connectivity index (χ0v) is 14.2. The van der Waals surface area contributed by atoms with Crippen LogP contribution in [0.5, 0.6) is 0 Å². The third-order valence-corrected chi connectivity index (χ3v) is 4.33. The summed E-state index contributed by atoms with van der Waals surface area (Å²) < 4.78 is 0. The molecule has 8 nitrogen and oxygen atoms in total. The van der Waals surface area contributed by atoms with Crippen LogP contribution in [0.15, 0.2) is 18.2 Å². The fraction of sp³-hybridized carbons (Fsp3) is 0.412. The van der Waals surface area contributed by atoms with Crippen LogP contribution in [0.3, 0.4) is 0 Å². The minimum atomic E-state index is -0.868. The molecule has 2 saturated heterocycles. The lowest BCUT2D eigenvalue weighted by Gasteiger charge is -2.35. The number of urea groups is 1. The number of aryl methyl sites for hydroxylation is 2. The van der Waals surface area contributed by atoms with E-state index in [0.29, 0.717) is 13.1 Å². The van der Waals surface area contributed by atoms with Crippen molar-refractivity contribution in [1.82, 2.24) is 15.5 Å². The smallest absolute Gasteiger partial charge is 0.322 e. The Morgan fingerprint density at radius 2 is 1.80 bits per heavy atom. The molecule has 1 aromatic rings. The average Bonchev–Trinajstić information content (AvgIpc) is 2.83. The van der Waals surface area contributed by atoms with E-state index in [1.807, 2.05) is 32.0 Å². The Kier molecular flexibility index (Phi) is 4.43. The molecule has 1 atom stereocenters. The number of carbonyl (C=O) groups is 4. The SMILES string of the molecule is Cc1cc(C)cc(N2CCN(C(=O)CC3NC(=O)NC3=O)CC2=O)c1. The van der Waals surface area contributed by atoms with Gasteiger partial charge in [-0.05, 0) is 37.1 Å². The number of nitrogens with one attached hydrogen (secondary N) is 2. The molecule has 2 aliphatic heterocycles. The average molecular weight is 344 g/mol. The maximum absolute atomic E-state index is 12.5. The normalized spacial score (nSPS) is 20.6. The van der Waals surface area contributed by atoms with Crippen molar-refractivity contribution in [1.29, 1.82) is 0 Å². The summed E-state index contributed by atoms with van der Waals surface area (Å²) in [6.45, 7) is 4.70. The van der Waals surface area contributed by atoms with Crippen molar-refractivity contribution in [3.8, 4) is 0 Å². The number of hydrogen-bond acceptors (Lipinski definition) is 4. The molecule has 2 aliphatic rings. The third-order valence-electron chi connectivity index (χ3n) is 4.33. The van der Waals surface area contributed by atoms with Gasteiger partial charge in [-0.15, -0.1) is 0 Å². The molecule has 0 bridgehead atoms. The van der Waals surface area contributed by atoms with E-state index in [0.717, 1.165) is 16.8 Å². The lowest BCUT2D eigenvalue weighted by molar-refractivity contribution is -0.138. The van der Waals surface area contributed by atoms with E-state index < -0.39 is 18.0 Å². The van der Waals surface area contributed by atoms with Crippen molar-refractivity contribution in [2.75, 3.05) is 24.5 Å². The predicted octanol–water partition coefficient (Wildman–Crippen LogP) is 0.0767. The standard InChI is InChI=1S/C17H20N4O4/c1-10-5-11(2)7-12(6-10)21-4-3-20(9-15(21)23)14(22)8-13-16(24)19-17(25)18-13/h5-7,13H,3-4,8-9H2,1-2H3,(H2,18,19,24,25). The quantitative estimate of drug-likeness (QED) is 0.759. The number of hydrogen-bond donors (Lipinski definition) is 2. The first-order valence-electron chi connectivity index (χ1n) is 8.11. The molecule has 0 aromatic heterocycles. The van der Waals surface area contributed by atoms with Gasteiger partial charge in [-0.2, -0.15) is 0 Å². The number of piperazine rings is 1. The largest absolute Gasteiger partial charge is 0.331 e. The summed E-state index contributed by atoms with van der Waals surface area (Å²) in [6.07, 6.45) is -0.144. The van der Waals surface area contributed by atoms with Crippen LogP contribution in [0, 0.1) is 13.8 Å². The summed E-state index contributed by atoms with van der Waals surface area (Å²) in [5.41, 5.74) is 2.98. The molecule has 2 N–H and O–H groups in total. The van der Waals surface area contributed by atoms with Crippen LogP contribution in [-0.4, -0.2) is 54.3 Å². The van der Waals surface area contributed by atoms with Gasteiger partial charge in [0.2, 0.25) is 11.8 Å². The summed E-state index contributed by atoms with van der Waals surface area (Å²) in [7, 11) is 0. The molecule has 0 saturated carbocycles. The summed E-state index contributed by atoms with van der Waals surface area (Å²) >= 11 is 0. The molecule has 8 heteroatoms. The Morgan fingerprint density at radius 1 is 1.12 bits per heavy atom. The van der Waals surface area contributed by atoms with Crippen molar-refractivity contribution in [3.05, 3.63) is 29.3 Å². The highest BCUT2D eigenvalue weighted by atomic mass is 16.2. The van der Waals surface area contributed by atoms with Crippen LogP contribution in [0.2, 0.25) is 0 Å². The van der Waals surface area contributed by atoms with E-state index >= 15 is 0 Å². The number of anilines is 1. The first-order valence-corrected chi connectivity index (χ1v) is 8.11. The summed E-state index contributed by atoms with van der Waals surface area (Å²) in [5, 5.41) is 4.48. The molecule has 0 spiro atoms. The number of imide groups is 1. The Morgan fingerprint density at radius 3 is 2.36 bits per heavy atom. The van der Waals surface area contributed by atoms with Crippen LogP contribution in [-0.2, 0) is 14.4 Å². The van der Waals surface area contributed by atoms with Gasteiger partial charge >= 0.3 is 6.03 Å². The van der Waals surface area contributed by atoms with E-state index in [4.69, 9.17) is 0 Å². The van der Waals surface area contributed by atoms with Gasteiger partial charge in [0.15, 0.2) is 0 Å². The maximum atomic E-state index is 12.5. The highest BCUT2D eigenvalue weighted by Crippen LogP contribution is 2.21. The highest BCUT2D eigenvalue weighted by Gasteiger charge is 2.34. The zero-order chi connectivity index (χ0) is 18.1. The van der Waals surface area contributed by atoms with E-state index in [1.165, 1.54) is 4.90 Å².